The Balaban J connectivity index is 1.55. The normalized spacial score (nSPS) is 16.5. The summed E-state index contributed by atoms with van der Waals surface area (Å²) < 4.78 is 23.6. The van der Waals surface area contributed by atoms with Gasteiger partial charge < -0.3 is 14.2 Å². The minimum Gasteiger partial charge on any atom is -0.497 e. The van der Waals surface area contributed by atoms with Crippen molar-refractivity contribution in [2.75, 3.05) is 13.7 Å². The van der Waals surface area contributed by atoms with Crippen molar-refractivity contribution in [3.63, 3.8) is 0 Å². The molecule has 4 rings (SSSR count). The van der Waals surface area contributed by atoms with Crippen LogP contribution in [0.3, 0.4) is 0 Å². The molecule has 0 radical (unpaired) electrons. The molecular formula is C21H19FN2O3. The SMILES string of the molecule is COc1ccc(C2CCCN2C(=O)c2cc(-c3ccc(F)cc3)no2)cc1. The predicted octanol–water partition coefficient (Wildman–Crippen LogP) is 4.47. The number of nitrogens with zero attached hydrogens (tertiary/aromatic N) is 2. The first kappa shape index (κ1) is 17.3. The molecule has 2 aromatic carbocycles. The number of amides is 1. The molecule has 2 heterocycles. The fraction of sp³-hybridized carbons (Fsp3) is 0.238. The molecule has 5 nitrogen and oxygen atoms in total. The zero-order chi connectivity index (χ0) is 18.8. The molecule has 0 bridgehead atoms. The first-order valence-corrected chi connectivity index (χ1v) is 8.83. The molecule has 0 N–H and O–H groups in total. The molecule has 1 aliphatic rings. The van der Waals surface area contributed by atoms with Crippen molar-refractivity contribution in [3.8, 4) is 17.0 Å². The van der Waals surface area contributed by atoms with E-state index in [9.17, 15) is 9.18 Å². The molecule has 1 aromatic heterocycles. The number of hydrogen-bond donors (Lipinski definition) is 0. The van der Waals surface area contributed by atoms with E-state index in [4.69, 9.17) is 9.26 Å². The number of hydrogen-bond acceptors (Lipinski definition) is 4. The average Bonchev–Trinajstić information content (AvgIpc) is 3.38. The topological polar surface area (TPSA) is 55.6 Å². The number of likely N-dealkylation sites (tertiary alicyclic amines) is 1. The summed E-state index contributed by atoms with van der Waals surface area (Å²) in [6.45, 7) is 0.669. The maximum Gasteiger partial charge on any atom is 0.292 e. The summed E-state index contributed by atoms with van der Waals surface area (Å²) in [6, 6.07) is 15.3. The Hall–Kier alpha value is -3.15. The van der Waals surface area contributed by atoms with Gasteiger partial charge in [0.05, 0.1) is 13.2 Å². The lowest BCUT2D eigenvalue weighted by Crippen LogP contribution is -2.30. The molecule has 1 amide bonds. The summed E-state index contributed by atoms with van der Waals surface area (Å²) in [6.07, 6.45) is 1.83. The smallest absolute Gasteiger partial charge is 0.292 e. The highest BCUT2D eigenvalue weighted by molar-refractivity contribution is 5.93. The number of halogens is 1. The van der Waals surface area contributed by atoms with E-state index in [1.54, 1.807) is 25.3 Å². The van der Waals surface area contributed by atoms with E-state index in [2.05, 4.69) is 5.16 Å². The highest BCUT2D eigenvalue weighted by atomic mass is 19.1. The number of carbonyl (C=O) groups excluding carboxylic acids is 1. The summed E-state index contributed by atoms with van der Waals surface area (Å²) in [5.74, 6) is 0.468. The average molecular weight is 366 g/mol. The largest absolute Gasteiger partial charge is 0.497 e. The van der Waals surface area contributed by atoms with Crippen molar-refractivity contribution < 1.29 is 18.4 Å². The fourth-order valence-electron chi connectivity index (χ4n) is 3.46. The molecule has 3 aromatic rings. The van der Waals surface area contributed by atoms with Gasteiger partial charge in [0.1, 0.15) is 17.3 Å². The minimum absolute atomic E-state index is 0.00257. The number of rotatable bonds is 4. The molecular weight excluding hydrogens is 347 g/mol. The zero-order valence-corrected chi connectivity index (χ0v) is 14.9. The number of methoxy groups -OCH3 is 1. The Kier molecular flexibility index (Phi) is 4.62. The molecule has 0 aliphatic carbocycles. The molecule has 138 valence electrons. The van der Waals surface area contributed by atoms with Crippen LogP contribution >= 0.6 is 0 Å². The second kappa shape index (κ2) is 7.23. The first-order valence-electron chi connectivity index (χ1n) is 8.83. The highest BCUT2D eigenvalue weighted by Gasteiger charge is 2.32. The molecule has 0 spiro atoms. The van der Waals surface area contributed by atoms with E-state index in [1.165, 1.54) is 12.1 Å². The van der Waals surface area contributed by atoms with Crippen molar-refractivity contribution in [1.29, 1.82) is 0 Å². The summed E-state index contributed by atoms with van der Waals surface area (Å²) in [7, 11) is 1.63. The molecule has 1 saturated heterocycles. The molecule has 1 atom stereocenters. The molecule has 0 saturated carbocycles. The predicted molar refractivity (Wildman–Crippen MR) is 97.9 cm³/mol. The van der Waals surface area contributed by atoms with Crippen LogP contribution in [0.25, 0.3) is 11.3 Å². The van der Waals surface area contributed by atoms with Gasteiger partial charge in [-0.05, 0) is 54.8 Å². The minimum atomic E-state index is -0.321. The molecule has 6 heteroatoms. The van der Waals surface area contributed by atoms with Crippen LogP contribution in [0.5, 0.6) is 5.75 Å². The Labute approximate surface area is 156 Å². The van der Waals surface area contributed by atoms with Crippen molar-refractivity contribution in [1.82, 2.24) is 10.1 Å². The fourth-order valence-corrected chi connectivity index (χ4v) is 3.46. The first-order chi connectivity index (χ1) is 13.2. The van der Waals surface area contributed by atoms with Gasteiger partial charge in [0.15, 0.2) is 0 Å². The van der Waals surface area contributed by atoms with Crippen molar-refractivity contribution in [2.24, 2.45) is 0 Å². The van der Waals surface area contributed by atoms with Crippen LogP contribution in [0.15, 0.2) is 59.1 Å². The molecule has 1 unspecified atom stereocenters. The Morgan fingerprint density at radius 3 is 2.63 bits per heavy atom. The van der Waals surface area contributed by atoms with E-state index >= 15 is 0 Å². The molecule has 1 aliphatic heterocycles. The third-order valence-electron chi connectivity index (χ3n) is 4.88. The number of aromatic nitrogens is 1. The van der Waals surface area contributed by atoms with Crippen LogP contribution < -0.4 is 4.74 Å². The van der Waals surface area contributed by atoms with Gasteiger partial charge in [0.25, 0.3) is 5.91 Å². The monoisotopic (exact) mass is 366 g/mol. The van der Waals surface area contributed by atoms with Crippen molar-refractivity contribution in [2.45, 2.75) is 18.9 Å². The van der Waals surface area contributed by atoms with E-state index < -0.39 is 0 Å². The maximum absolute atomic E-state index is 13.1. The van der Waals surface area contributed by atoms with Crippen LogP contribution in [0, 0.1) is 5.82 Å². The molecule has 27 heavy (non-hydrogen) atoms. The van der Waals surface area contributed by atoms with Gasteiger partial charge in [-0.2, -0.15) is 0 Å². The maximum atomic E-state index is 13.1. The lowest BCUT2D eigenvalue weighted by molar-refractivity contribution is 0.0693. The van der Waals surface area contributed by atoms with Crippen LogP contribution in [0.2, 0.25) is 0 Å². The van der Waals surface area contributed by atoms with E-state index in [-0.39, 0.29) is 23.5 Å². The van der Waals surface area contributed by atoms with Gasteiger partial charge in [0.2, 0.25) is 5.76 Å². The van der Waals surface area contributed by atoms with E-state index in [0.717, 1.165) is 24.2 Å². The van der Waals surface area contributed by atoms with Crippen LogP contribution in [-0.4, -0.2) is 29.6 Å². The summed E-state index contributed by atoms with van der Waals surface area (Å²) in [5.41, 5.74) is 2.28. The third-order valence-corrected chi connectivity index (χ3v) is 4.88. The van der Waals surface area contributed by atoms with Crippen LogP contribution in [0.1, 0.15) is 35.0 Å². The number of ether oxygens (including phenoxy) is 1. The summed E-state index contributed by atoms with van der Waals surface area (Å²) >= 11 is 0. The number of carbonyl (C=O) groups is 1. The van der Waals surface area contributed by atoms with Crippen LogP contribution in [0.4, 0.5) is 4.39 Å². The van der Waals surface area contributed by atoms with E-state index in [1.807, 2.05) is 29.2 Å². The van der Waals surface area contributed by atoms with Crippen molar-refractivity contribution >= 4 is 5.91 Å². The zero-order valence-electron chi connectivity index (χ0n) is 14.9. The lowest BCUT2D eigenvalue weighted by atomic mass is 10.0. The van der Waals surface area contributed by atoms with E-state index in [0.29, 0.717) is 17.8 Å². The lowest BCUT2D eigenvalue weighted by Gasteiger charge is -2.24. The van der Waals surface area contributed by atoms with Gasteiger partial charge in [-0.3, -0.25) is 4.79 Å². The highest BCUT2D eigenvalue weighted by Crippen LogP contribution is 2.34. The quantitative estimate of drug-likeness (QED) is 0.684. The Bertz CT molecular complexity index is 935. The summed E-state index contributed by atoms with van der Waals surface area (Å²) in [4.78, 5) is 14.8. The Morgan fingerprint density at radius 1 is 1.19 bits per heavy atom. The second-order valence-corrected chi connectivity index (χ2v) is 6.51. The van der Waals surface area contributed by atoms with Crippen LogP contribution in [-0.2, 0) is 0 Å². The summed E-state index contributed by atoms with van der Waals surface area (Å²) in [5, 5.41) is 3.97. The van der Waals surface area contributed by atoms with Gasteiger partial charge in [-0.25, -0.2) is 4.39 Å². The van der Waals surface area contributed by atoms with Gasteiger partial charge >= 0.3 is 0 Å². The molecule has 1 fully saturated rings. The van der Waals surface area contributed by atoms with Gasteiger partial charge in [-0.1, -0.05) is 17.3 Å². The third kappa shape index (κ3) is 3.43. The second-order valence-electron chi connectivity index (χ2n) is 6.51. The number of benzene rings is 2. The van der Waals surface area contributed by atoms with Gasteiger partial charge in [0, 0.05) is 18.2 Å². The Morgan fingerprint density at radius 2 is 1.93 bits per heavy atom. The standard InChI is InChI=1S/C21H19FN2O3/c1-26-17-10-6-15(7-11-17)19-3-2-12-24(19)21(25)20-13-18(23-27-20)14-4-8-16(22)9-5-14/h4-11,13,19H,2-3,12H2,1H3. The van der Waals surface area contributed by atoms with Crippen molar-refractivity contribution in [3.05, 3.63) is 71.7 Å². The van der Waals surface area contributed by atoms with Gasteiger partial charge in [-0.15, -0.1) is 0 Å².